The van der Waals surface area contributed by atoms with Gasteiger partial charge in [-0.1, -0.05) is 41.9 Å². The summed E-state index contributed by atoms with van der Waals surface area (Å²) in [6.07, 6.45) is 3.23. The normalized spacial score (nSPS) is 12.1. The van der Waals surface area contributed by atoms with Crippen LogP contribution in [-0.4, -0.2) is 15.1 Å². The molecule has 0 amide bonds. The number of hydrogen-bond acceptors (Lipinski definition) is 4. The number of hydrogen-bond donors (Lipinski definition) is 2. The van der Waals surface area contributed by atoms with Crippen LogP contribution in [0.25, 0.3) is 10.9 Å². The van der Waals surface area contributed by atoms with E-state index >= 15 is 0 Å². The van der Waals surface area contributed by atoms with Gasteiger partial charge in [0.15, 0.2) is 0 Å². The standard InChI is InChI=1S/C21H15ClFN3O/c22-15-6-3-7-16(23)18(15)20(26-17-8-1-2-11-24-17)14-10-9-13-5-4-12-25-19(13)21(14)27/h1-12,20,27H,(H,24,26)/t20-/m0/s1. The summed E-state index contributed by atoms with van der Waals surface area (Å²) < 4.78 is 14.7. The van der Waals surface area contributed by atoms with Crippen LogP contribution < -0.4 is 5.32 Å². The first-order chi connectivity index (χ1) is 13.1. The van der Waals surface area contributed by atoms with Gasteiger partial charge in [-0.25, -0.2) is 9.37 Å². The average molecular weight is 380 g/mol. The van der Waals surface area contributed by atoms with Gasteiger partial charge in [0.2, 0.25) is 0 Å². The highest BCUT2D eigenvalue weighted by atomic mass is 35.5. The van der Waals surface area contributed by atoms with E-state index in [0.717, 1.165) is 5.39 Å². The van der Waals surface area contributed by atoms with Crippen LogP contribution in [0, 0.1) is 5.82 Å². The summed E-state index contributed by atoms with van der Waals surface area (Å²) >= 11 is 6.31. The summed E-state index contributed by atoms with van der Waals surface area (Å²) in [4.78, 5) is 8.50. The molecule has 0 fully saturated rings. The summed E-state index contributed by atoms with van der Waals surface area (Å²) in [6.45, 7) is 0. The fraction of sp³-hybridized carbons (Fsp3) is 0.0476. The number of nitrogens with zero attached hydrogens (tertiary/aromatic N) is 2. The van der Waals surface area contributed by atoms with Crippen molar-refractivity contribution in [3.05, 3.63) is 95.0 Å². The van der Waals surface area contributed by atoms with Gasteiger partial charge in [0.25, 0.3) is 0 Å². The quantitative estimate of drug-likeness (QED) is 0.503. The maximum Gasteiger partial charge on any atom is 0.147 e. The molecule has 0 radical (unpaired) electrons. The molecule has 6 heteroatoms. The zero-order valence-electron chi connectivity index (χ0n) is 14.1. The molecular formula is C21H15ClFN3O. The van der Waals surface area contributed by atoms with E-state index in [1.165, 1.54) is 6.07 Å². The molecule has 0 saturated heterocycles. The lowest BCUT2D eigenvalue weighted by Gasteiger charge is -2.23. The number of halogens is 2. The van der Waals surface area contributed by atoms with Gasteiger partial charge in [-0.3, -0.25) is 4.98 Å². The number of phenols is 1. The summed E-state index contributed by atoms with van der Waals surface area (Å²) in [5.74, 6) is 0.0274. The third-order valence-electron chi connectivity index (χ3n) is 4.34. The van der Waals surface area contributed by atoms with Crippen LogP contribution in [-0.2, 0) is 0 Å². The van der Waals surface area contributed by atoms with E-state index in [-0.39, 0.29) is 16.3 Å². The van der Waals surface area contributed by atoms with Crippen molar-refractivity contribution in [2.75, 3.05) is 5.32 Å². The van der Waals surface area contributed by atoms with Gasteiger partial charge in [-0.05, 0) is 30.3 Å². The van der Waals surface area contributed by atoms with Crippen molar-refractivity contribution in [2.24, 2.45) is 0 Å². The second-order valence-corrected chi connectivity index (χ2v) is 6.41. The van der Waals surface area contributed by atoms with Crippen LogP contribution in [0.1, 0.15) is 17.2 Å². The first-order valence-electron chi connectivity index (χ1n) is 8.33. The number of benzene rings is 2. The molecule has 0 bridgehead atoms. The fourth-order valence-electron chi connectivity index (χ4n) is 3.07. The third kappa shape index (κ3) is 3.29. The lowest BCUT2D eigenvalue weighted by atomic mass is 9.95. The third-order valence-corrected chi connectivity index (χ3v) is 4.67. The van der Waals surface area contributed by atoms with Gasteiger partial charge in [-0.15, -0.1) is 0 Å². The van der Waals surface area contributed by atoms with Gasteiger partial charge in [0.05, 0.1) is 6.04 Å². The Labute approximate surface area is 160 Å². The van der Waals surface area contributed by atoms with Gasteiger partial charge in [0, 0.05) is 33.9 Å². The summed E-state index contributed by atoms with van der Waals surface area (Å²) in [7, 11) is 0. The van der Waals surface area contributed by atoms with Gasteiger partial charge < -0.3 is 10.4 Å². The summed E-state index contributed by atoms with van der Waals surface area (Å²) in [6, 6.07) is 16.3. The zero-order chi connectivity index (χ0) is 18.8. The van der Waals surface area contributed by atoms with Crippen LogP contribution in [0.4, 0.5) is 10.2 Å². The van der Waals surface area contributed by atoms with Crippen LogP contribution in [0.3, 0.4) is 0 Å². The van der Waals surface area contributed by atoms with E-state index in [2.05, 4.69) is 15.3 Å². The van der Waals surface area contributed by atoms with Gasteiger partial charge in [-0.2, -0.15) is 0 Å². The molecule has 0 aliphatic rings. The molecular weight excluding hydrogens is 365 g/mol. The largest absolute Gasteiger partial charge is 0.505 e. The van der Waals surface area contributed by atoms with Gasteiger partial charge in [0.1, 0.15) is 22.9 Å². The Morgan fingerprint density at radius 1 is 0.926 bits per heavy atom. The number of aromatic hydroxyl groups is 1. The smallest absolute Gasteiger partial charge is 0.147 e. The van der Waals surface area contributed by atoms with Crippen LogP contribution in [0.2, 0.25) is 5.02 Å². The maximum atomic E-state index is 14.7. The minimum Gasteiger partial charge on any atom is -0.505 e. The van der Waals surface area contributed by atoms with E-state index in [4.69, 9.17) is 11.6 Å². The van der Waals surface area contributed by atoms with E-state index in [1.54, 1.807) is 48.8 Å². The number of aromatic nitrogens is 2. The predicted molar refractivity (Wildman–Crippen MR) is 105 cm³/mol. The lowest BCUT2D eigenvalue weighted by molar-refractivity contribution is 0.471. The van der Waals surface area contributed by atoms with Crippen LogP contribution >= 0.6 is 11.6 Å². The molecule has 134 valence electrons. The molecule has 4 nitrogen and oxygen atoms in total. The highest BCUT2D eigenvalue weighted by Gasteiger charge is 2.25. The highest BCUT2D eigenvalue weighted by Crippen LogP contribution is 2.39. The number of pyridine rings is 2. The molecule has 0 aliphatic heterocycles. The number of fused-ring (bicyclic) bond motifs is 1. The van der Waals surface area contributed by atoms with E-state index < -0.39 is 11.9 Å². The Balaban J connectivity index is 1.92. The number of rotatable bonds is 4. The SMILES string of the molecule is Oc1c([C@H](Nc2ccccn2)c2c(F)cccc2Cl)ccc2cccnc12. The van der Waals surface area contributed by atoms with Gasteiger partial charge >= 0.3 is 0 Å². The Morgan fingerprint density at radius 3 is 2.56 bits per heavy atom. The number of nitrogens with one attached hydrogen (secondary N) is 1. The minimum absolute atomic E-state index is 0.0270. The van der Waals surface area contributed by atoms with Crippen molar-refractivity contribution in [3.63, 3.8) is 0 Å². The monoisotopic (exact) mass is 379 g/mol. The highest BCUT2D eigenvalue weighted by molar-refractivity contribution is 6.31. The van der Waals surface area contributed by atoms with Crippen molar-refractivity contribution in [3.8, 4) is 5.75 Å². The zero-order valence-corrected chi connectivity index (χ0v) is 14.9. The topological polar surface area (TPSA) is 58.0 Å². The molecule has 27 heavy (non-hydrogen) atoms. The number of anilines is 1. The molecule has 0 spiro atoms. The summed E-state index contributed by atoms with van der Waals surface area (Å²) in [5.41, 5.74) is 1.13. The lowest BCUT2D eigenvalue weighted by Crippen LogP contribution is -2.15. The Hall–Kier alpha value is -3.18. The van der Waals surface area contributed by atoms with Crippen molar-refractivity contribution in [1.29, 1.82) is 0 Å². The second-order valence-electron chi connectivity index (χ2n) is 6.01. The minimum atomic E-state index is -0.750. The van der Waals surface area contributed by atoms with E-state index in [1.807, 2.05) is 18.2 Å². The first kappa shape index (κ1) is 17.2. The molecule has 4 rings (SSSR count). The molecule has 0 unspecified atom stereocenters. The van der Waals surface area contributed by atoms with Crippen molar-refractivity contribution in [2.45, 2.75) is 6.04 Å². The van der Waals surface area contributed by atoms with E-state index in [0.29, 0.717) is 16.9 Å². The first-order valence-corrected chi connectivity index (χ1v) is 8.71. The van der Waals surface area contributed by atoms with Crippen molar-refractivity contribution < 1.29 is 9.50 Å². The Morgan fingerprint density at radius 2 is 1.78 bits per heavy atom. The fourth-order valence-corrected chi connectivity index (χ4v) is 3.34. The molecule has 2 N–H and O–H groups in total. The van der Waals surface area contributed by atoms with Crippen LogP contribution in [0.5, 0.6) is 5.75 Å². The average Bonchev–Trinajstić information content (AvgIpc) is 2.68. The Bertz CT molecular complexity index is 1080. The Kier molecular flexibility index (Phi) is 4.60. The van der Waals surface area contributed by atoms with Crippen molar-refractivity contribution in [1.82, 2.24) is 9.97 Å². The molecule has 2 heterocycles. The molecule has 4 aromatic rings. The molecule has 0 saturated carbocycles. The summed E-state index contributed by atoms with van der Waals surface area (Å²) in [5, 5.41) is 15.1. The molecule has 2 aromatic heterocycles. The molecule has 2 aromatic carbocycles. The predicted octanol–water partition coefficient (Wildman–Crippen LogP) is 5.33. The maximum absolute atomic E-state index is 14.7. The second kappa shape index (κ2) is 7.21. The number of phenolic OH excluding ortho intramolecular Hbond substituents is 1. The van der Waals surface area contributed by atoms with Crippen LogP contribution in [0.15, 0.2) is 73.1 Å². The van der Waals surface area contributed by atoms with Crippen molar-refractivity contribution >= 4 is 28.3 Å². The van der Waals surface area contributed by atoms with E-state index in [9.17, 15) is 9.50 Å². The molecule has 0 aliphatic carbocycles. The molecule has 1 atom stereocenters.